The predicted molar refractivity (Wildman–Crippen MR) is 130 cm³/mol. The minimum absolute atomic E-state index is 0.116. The number of rotatable bonds is 7. The Bertz CT molecular complexity index is 1380. The summed E-state index contributed by atoms with van der Waals surface area (Å²) in [6.45, 7) is 5.57. The van der Waals surface area contributed by atoms with Crippen molar-refractivity contribution in [2.24, 2.45) is 5.41 Å². The summed E-state index contributed by atoms with van der Waals surface area (Å²) in [6.07, 6.45) is 9.17. The zero-order valence-corrected chi connectivity index (χ0v) is 20.8. The third-order valence-corrected chi connectivity index (χ3v) is 7.17. The maximum atomic E-state index is 13.1. The molecule has 2 amide bonds. The molecule has 3 aromatic heterocycles. The van der Waals surface area contributed by atoms with Crippen LogP contribution in [0, 0.1) is 5.41 Å². The van der Waals surface area contributed by atoms with Crippen LogP contribution in [0.25, 0.3) is 15.3 Å². The van der Waals surface area contributed by atoms with Crippen molar-refractivity contribution in [2.75, 3.05) is 19.6 Å². The number of allylic oxidation sites excluding steroid dienone is 1. The molecule has 5 heterocycles. The largest absolute Gasteiger partial charge is 0.381 e. The molecule has 1 unspecified atom stereocenters. The Hall–Kier alpha value is -3.58. The first-order chi connectivity index (χ1) is 17.1. The lowest BCUT2D eigenvalue weighted by molar-refractivity contribution is -0.124. The fourth-order valence-electron chi connectivity index (χ4n) is 4.38. The predicted octanol–water partition coefficient (Wildman–Crippen LogP) is 2.56. The fourth-order valence-corrected chi connectivity index (χ4v) is 5.41. The van der Waals surface area contributed by atoms with Crippen LogP contribution in [-0.4, -0.2) is 61.8 Å². The lowest BCUT2D eigenvalue weighted by Crippen LogP contribution is -2.55. The summed E-state index contributed by atoms with van der Waals surface area (Å²) in [5, 5.41) is 16.8. The van der Waals surface area contributed by atoms with Gasteiger partial charge in [0, 0.05) is 42.9 Å². The molecule has 0 radical (unpaired) electrons. The van der Waals surface area contributed by atoms with Gasteiger partial charge in [-0.2, -0.15) is 19.0 Å². The van der Waals surface area contributed by atoms with Crippen molar-refractivity contribution >= 4 is 28.0 Å². The molecule has 2 aliphatic heterocycles. The van der Waals surface area contributed by atoms with Gasteiger partial charge >= 0.3 is 6.55 Å². The number of likely N-dealkylation sites (tertiary alicyclic amines) is 1. The summed E-state index contributed by atoms with van der Waals surface area (Å²) in [4.78, 5) is 28.8. The molecular formula is C23H26F2N8O2S. The van der Waals surface area contributed by atoms with Crippen molar-refractivity contribution in [3.05, 3.63) is 54.0 Å². The van der Waals surface area contributed by atoms with Crippen molar-refractivity contribution in [1.82, 2.24) is 40.2 Å². The second kappa shape index (κ2) is 9.13. The Morgan fingerprint density at radius 1 is 1.22 bits per heavy atom. The van der Waals surface area contributed by atoms with Gasteiger partial charge in [-0.15, -0.1) is 11.3 Å². The number of thiazole rings is 1. The van der Waals surface area contributed by atoms with Crippen LogP contribution in [0.3, 0.4) is 0 Å². The van der Waals surface area contributed by atoms with Gasteiger partial charge in [0.15, 0.2) is 0 Å². The molecule has 3 aromatic rings. The van der Waals surface area contributed by atoms with Crippen molar-refractivity contribution in [2.45, 2.75) is 33.4 Å². The number of carbonyl (C=O) groups is 2. The number of carbonyl (C=O) groups excluding carboxylic acids is 2. The fraction of sp³-hybridized carbons (Fsp3) is 0.391. The van der Waals surface area contributed by atoms with E-state index >= 15 is 0 Å². The highest BCUT2D eigenvalue weighted by Gasteiger charge is 2.34. The van der Waals surface area contributed by atoms with E-state index in [9.17, 15) is 18.4 Å². The molecular weight excluding hydrogens is 490 g/mol. The van der Waals surface area contributed by atoms with Crippen LogP contribution < -0.4 is 16.0 Å². The Balaban J connectivity index is 1.26. The quantitative estimate of drug-likeness (QED) is 0.446. The molecule has 0 aliphatic carbocycles. The maximum absolute atomic E-state index is 13.1. The zero-order chi connectivity index (χ0) is 25.6. The molecule has 2 aliphatic rings. The number of alkyl halides is 2. The Kier molecular flexibility index (Phi) is 6.12. The molecule has 0 bridgehead atoms. The lowest BCUT2D eigenvalue weighted by atomic mass is 9.84. The van der Waals surface area contributed by atoms with Crippen LogP contribution >= 0.6 is 11.3 Å². The smallest absolute Gasteiger partial charge is 0.333 e. The molecule has 3 N–H and O–H groups in total. The summed E-state index contributed by atoms with van der Waals surface area (Å²) in [7, 11) is 0. The molecule has 36 heavy (non-hydrogen) atoms. The Morgan fingerprint density at radius 3 is 2.69 bits per heavy atom. The van der Waals surface area contributed by atoms with E-state index in [1.165, 1.54) is 34.4 Å². The summed E-state index contributed by atoms with van der Waals surface area (Å²) in [5.74, 6) is -0.480. The van der Waals surface area contributed by atoms with Crippen molar-refractivity contribution in [3.8, 4) is 10.4 Å². The first-order valence-corrected chi connectivity index (χ1v) is 12.2. The summed E-state index contributed by atoms with van der Waals surface area (Å²) in [6, 6.07) is -0.184. The van der Waals surface area contributed by atoms with Crippen LogP contribution in [0.5, 0.6) is 0 Å². The van der Waals surface area contributed by atoms with Crippen molar-refractivity contribution < 1.29 is 18.4 Å². The molecule has 0 spiro atoms. The molecule has 1 atom stereocenters. The number of nitrogens with one attached hydrogen (secondary N) is 3. The van der Waals surface area contributed by atoms with E-state index in [0.717, 1.165) is 13.1 Å². The van der Waals surface area contributed by atoms with E-state index in [2.05, 4.69) is 44.9 Å². The third kappa shape index (κ3) is 4.88. The number of hydrogen-bond acceptors (Lipinski definition) is 7. The lowest BCUT2D eigenvalue weighted by Gasteiger charge is -2.45. The minimum Gasteiger partial charge on any atom is -0.381 e. The third-order valence-electron chi connectivity index (χ3n) is 6.00. The molecule has 13 heteroatoms. The monoisotopic (exact) mass is 516 g/mol. The van der Waals surface area contributed by atoms with E-state index in [-0.39, 0.29) is 23.3 Å². The van der Waals surface area contributed by atoms with Gasteiger partial charge in [-0.05, 0) is 18.4 Å². The van der Waals surface area contributed by atoms with Gasteiger partial charge in [0.25, 0.3) is 5.91 Å². The maximum Gasteiger partial charge on any atom is 0.333 e. The van der Waals surface area contributed by atoms with Gasteiger partial charge in [0.05, 0.1) is 41.1 Å². The van der Waals surface area contributed by atoms with Gasteiger partial charge in [-0.25, -0.2) is 9.20 Å². The highest BCUT2D eigenvalue weighted by atomic mass is 32.1. The van der Waals surface area contributed by atoms with Crippen LogP contribution in [0.2, 0.25) is 0 Å². The number of dihydropyridines is 1. The zero-order valence-electron chi connectivity index (χ0n) is 20.0. The van der Waals surface area contributed by atoms with Gasteiger partial charge in [0.1, 0.15) is 4.83 Å². The average molecular weight is 517 g/mol. The van der Waals surface area contributed by atoms with Crippen LogP contribution in [-0.2, 0) is 4.79 Å². The number of nitrogens with zero attached hydrogens (tertiary/aromatic N) is 5. The number of aromatic nitrogens is 4. The SMILES string of the molecule is CC1NC=C(NC(=O)CN2CC(C)(C)C2)C=C1NC(=O)c1cnn2cc(-c3cnn(C(F)F)c3)sc12. The second-order valence-corrected chi connectivity index (χ2v) is 10.8. The van der Waals surface area contributed by atoms with E-state index in [0.29, 0.717) is 43.5 Å². The van der Waals surface area contributed by atoms with Gasteiger partial charge < -0.3 is 16.0 Å². The normalized spacial score (nSPS) is 19.4. The number of hydrogen-bond donors (Lipinski definition) is 3. The second-order valence-electron chi connectivity index (χ2n) is 9.79. The molecule has 190 valence electrons. The van der Waals surface area contributed by atoms with Gasteiger partial charge in [0.2, 0.25) is 5.91 Å². The van der Waals surface area contributed by atoms with E-state index in [1.807, 2.05) is 6.92 Å². The minimum atomic E-state index is -2.73. The first-order valence-electron chi connectivity index (χ1n) is 11.4. The average Bonchev–Trinajstić information content (AvgIpc) is 3.49. The van der Waals surface area contributed by atoms with Gasteiger partial charge in [-0.1, -0.05) is 13.8 Å². The van der Waals surface area contributed by atoms with Crippen molar-refractivity contribution in [1.29, 1.82) is 0 Å². The summed E-state index contributed by atoms with van der Waals surface area (Å²) < 4.78 is 27.8. The molecule has 10 nitrogen and oxygen atoms in total. The number of amides is 2. The highest BCUT2D eigenvalue weighted by molar-refractivity contribution is 7.21. The first kappa shape index (κ1) is 24.1. The highest BCUT2D eigenvalue weighted by Crippen LogP contribution is 2.31. The molecule has 0 aromatic carbocycles. The standard InChI is InChI=1S/C23H26F2N8O2S/c1-13-17(4-15(6-26-13)29-19(34)10-31-11-23(2,3)12-31)30-20(35)16-7-28-32-9-18(36-21(16)32)14-5-27-33(8-14)22(24)25/h4-9,13,22,26H,10-12H2,1-3H3,(H,29,34)(H,30,35). The topological polar surface area (TPSA) is 109 Å². The number of fused-ring (bicyclic) bond motifs is 1. The Labute approximate surface area is 209 Å². The Morgan fingerprint density at radius 2 is 2.00 bits per heavy atom. The van der Waals surface area contributed by atoms with Crippen LogP contribution in [0.15, 0.2) is 48.5 Å². The molecule has 1 saturated heterocycles. The van der Waals surface area contributed by atoms with Crippen LogP contribution in [0.1, 0.15) is 37.7 Å². The number of halogens is 2. The summed E-state index contributed by atoms with van der Waals surface area (Å²) in [5.41, 5.74) is 2.26. The molecule has 0 saturated carbocycles. The molecule has 5 rings (SSSR count). The van der Waals surface area contributed by atoms with E-state index < -0.39 is 6.55 Å². The van der Waals surface area contributed by atoms with E-state index in [4.69, 9.17) is 0 Å². The molecule has 1 fully saturated rings. The van der Waals surface area contributed by atoms with Crippen molar-refractivity contribution in [3.63, 3.8) is 0 Å². The summed E-state index contributed by atoms with van der Waals surface area (Å²) >= 11 is 1.26. The van der Waals surface area contributed by atoms with Gasteiger partial charge in [-0.3, -0.25) is 14.5 Å². The van der Waals surface area contributed by atoms with E-state index in [1.54, 1.807) is 18.5 Å². The van der Waals surface area contributed by atoms with Crippen LogP contribution in [0.4, 0.5) is 8.78 Å².